The fraction of sp³-hybridized carbons (Fsp3) is 0.0909. The number of fused-ring (bicyclic) bond motifs is 1. The molecule has 2 N–H and O–H groups in total. The van der Waals surface area contributed by atoms with E-state index in [1.807, 2.05) is 5.38 Å². The lowest BCUT2D eigenvalue weighted by atomic mass is 10.1. The van der Waals surface area contributed by atoms with Gasteiger partial charge in [-0.15, -0.1) is 21.5 Å². The minimum atomic E-state index is -0.211. The molecule has 0 bridgehead atoms. The molecule has 0 atom stereocenters. The van der Waals surface area contributed by atoms with Crippen LogP contribution in [0.3, 0.4) is 0 Å². The number of thiazole rings is 1. The SMILES string of the molecule is Cc1cc(-c2csc3nnc(N)n23)ccc1F. The van der Waals surface area contributed by atoms with Crippen molar-refractivity contribution < 1.29 is 4.39 Å². The number of anilines is 1. The van der Waals surface area contributed by atoms with Gasteiger partial charge in [-0.05, 0) is 36.2 Å². The van der Waals surface area contributed by atoms with E-state index in [1.165, 1.54) is 17.4 Å². The smallest absolute Gasteiger partial charge is 0.227 e. The zero-order valence-electron chi connectivity index (χ0n) is 9.01. The third-order valence-electron chi connectivity index (χ3n) is 2.63. The first-order valence-corrected chi connectivity index (χ1v) is 5.89. The van der Waals surface area contributed by atoms with E-state index in [-0.39, 0.29) is 5.82 Å². The van der Waals surface area contributed by atoms with Gasteiger partial charge in [0.2, 0.25) is 10.9 Å². The molecule has 0 radical (unpaired) electrons. The number of aromatic nitrogens is 3. The summed E-state index contributed by atoms with van der Waals surface area (Å²) in [4.78, 5) is 0.736. The molecule has 0 fully saturated rings. The number of hydrogen-bond acceptors (Lipinski definition) is 4. The number of rotatable bonds is 1. The lowest BCUT2D eigenvalue weighted by Gasteiger charge is -2.02. The van der Waals surface area contributed by atoms with Gasteiger partial charge in [-0.2, -0.15) is 0 Å². The largest absolute Gasteiger partial charge is 0.368 e. The zero-order chi connectivity index (χ0) is 12.0. The molecule has 86 valence electrons. The summed E-state index contributed by atoms with van der Waals surface area (Å²) >= 11 is 1.46. The Morgan fingerprint density at radius 3 is 2.94 bits per heavy atom. The maximum absolute atomic E-state index is 13.2. The van der Waals surface area contributed by atoms with Gasteiger partial charge in [-0.1, -0.05) is 0 Å². The average Bonchev–Trinajstić information content (AvgIpc) is 2.86. The molecule has 17 heavy (non-hydrogen) atoms. The van der Waals surface area contributed by atoms with Gasteiger partial charge in [0.1, 0.15) is 5.82 Å². The van der Waals surface area contributed by atoms with Crippen molar-refractivity contribution >= 4 is 22.2 Å². The Balaban J connectivity index is 2.26. The third kappa shape index (κ3) is 1.49. The number of benzene rings is 1. The van der Waals surface area contributed by atoms with Gasteiger partial charge < -0.3 is 5.73 Å². The molecule has 0 saturated heterocycles. The van der Waals surface area contributed by atoms with Crippen LogP contribution in [0.25, 0.3) is 16.2 Å². The molecule has 3 rings (SSSR count). The number of halogens is 1. The van der Waals surface area contributed by atoms with Crippen LogP contribution in [0.2, 0.25) is 0 Å². The standard InChI is InChI=1S/C11H9FN4S/c1-6-4-7(2-3-8(6)12)9-5-17-11-15-14-10(13)16(9)11/h2-5H,1H3,(H2,13,14). The molecule has 0 aliphatic rings. The molecule has 0 aliphatic heterocycles. The van der Waals surface area contributed by atoms with Crippen LogP contribution >= 0.6 is 11.3 Å². The lowest BCUT2D eigenvalue weighted by Crippen LogP contribution is -1.95. The van der Waals surface area contributed by atoms with E-state index in [0.29, 0.717) is 11.5 Å². The maximum atomic E-state index is 13.2. The van der Waals surface area contributed by atoms with Gasteiger partial charge in [0.05, 0.1) is 5.69 Å². The first kappa shape index (κ1) is 10.2. The Kier molecular flexibility index (Phi) is 2.12. The monoisotopic (exact) mass is 248 g/mol. The summed E-state index contributed by atoms with van der Waals surface area (Å²) < 4.78 is 15.0. The molecule has 0 unspecified atom stereocenters. The summed E-state index contributed by atoms with van der Waals surface area (Å²) in [5.41, 5.74) is 8.14. The van der Waals surface area contributed by atoms with Crippen LogP contribution in [-0.4, -0.2) is 14.6 Å². The van der Waals surface area contributed by atoms with Crippen LogP contribution in [0, 0.1) is 12.7 Å². The Morgan fingerprint density at radius 1 is 1.35 bits per heavy atom. The summed E-state index contributed by atoms with van der Waals surface area (Å²) in [5, 5.41) is 9.68. The Hall–Kier alpha value is -1.95. The van der Waals surface area contributed by atoms with Gasteiger partial charge >= 0.3 is 0 Å². The predicted molar refractivity (Wildman–Crippen MR) is 65.4 cm³/mol. The zero-order valence-corrected chi connectivity index (χ0v) is 9.83. The van der Waals surface area contributed by atoms with Crippen molar-refractivity contribution in [3.8, 4) is 11.3 Å². The molecule has 0 saturated carbocycles. The number of nitrogens with zero attached hydrogens (tertiary/aromatic N) is 3. The van der Waals surface area contributed by atoms with Crippen molar-refractivity contribution in [3.63, 3.8) is 0 Å². The van der Waals surface area contributed by atoms with Gasteiger partial charge in [0, 0.05) is 5.38 Å². The van der Waals surface area contributed by atoms with E-state index in [2.05, 4.69) is 10.2 Å². The van der Waals surface area contributed by atoms with Crippen molar-refractivity contribution in [2.24, 2.45) is 0 Å². The third-order valence-corrected chi connectivity index (χ3v) is 3.45. The van der Waals surface area contributed by atoms with Gasteiger partial charge in [0.25, 0.3) is 0 Å². The Labute approximate surface area is 101 Å². The molecule has 0 amide bonds. The maximum Gasteiger partial charge on any atom is 0.227 e. The highest BCUT2D eigenvalue weighted by Crippen LogP contribution is 2.28. The summed E-state index contributed by atoms with van der Waals surface area (Å²) in [6, 6.07) is 4.97. The minimum Gasteiger partial charge on any atom is -0.368 e. The summed E-state index contributed by atoms with van der Waals surface area (Å²) in [6.45, 7) is 1.73. The second-order valence-corrected chi connectivity index (χ2v) is 4.60. The van der Waals surface area contributed by atoms with E-state index < -0.39 is 0 Å². The van der Waals surface area contributed by atoms with E-state index in [4.69, 9.17) is 5.73 Å². The van der Waals surface area contributed by atoms with Crippen LogP contribution in [0.15, 0.2) is 23.6 Å². The molecule has 0 aliphatic carbocycles. The Bertz CT molecular complexity index is 701. The minimum absolute atomic E-state index is 0.211. The summed E-state index contributed by atoms with van der Waals surface area (Å²) in [6.07, 6.45) is 0. The number of hydrogen-bond donors (Lipinski definition) is 1. The second-order valence-electron chi connectivity index (χ2n) is 3.76. The number of nitrogens with two attached hydrogens (primary N) is 1. The van der Waals surface area contributed by atoms with Crippen LogP contribution in [0.1, 0.15) is 5.56 Å². The average molecular weight is 248 g/mol. The van der Waals surface area contributed by atoms with Crippen molar-refractivity contribution in [1.82, 2.24) is 14.6 Å². The molecule has 3 aromatic rings. The number of nitrogen functional groups attached to an aromatic ring is 1. The highest BCUT2D eigenvalue weighted by molar-refractivity contribution is 7.15. The lowest BCUT2D eigenvalue weighted by molar-refractivity contribution is 0.619. The topological polar surface area (TPSA) is 56.2 Å². The van der Waals surface area contributed by atoms with Crippen LogP contribution in [0.4, 0.5) is 10.3 Å². The van der Waals surface area contributed by atoms with Gasteiger partial charge in [-0.25, -0.2) is 4.39 Å². The van der Waals surface area contributed by atoms with Crippen LogP contribution < -0.4 is 5.73 Å². The molecular weight excluding hydrogens is 239 g/mol. The predicted octanol–water partition coefficient (Wildman–Crippen LogP) is 2.49. The molecule has 2 aromatic heterocycles. The van der Waals surface area contributed by atoms with E-state index in [0.717, 1.165) is 16.2 Å². The normalized spacial score (nSPS) is 11.2. The van der Waals surface area contributed by atoms with Crippen molar-refractivity contribution in [2.45, 2.75) is 6.92 Å². The Morgan fingerprint density at radius 2 is 2.18 bits per heavy atom. The van der Waals surface area contributed by atoms with E-state index in [1.54, 1.807) is 23.5 Å². The molecule has 6 heteroatoms. The fourth-order valence-electron chi connectivity index (χ4n) is 1.75. The first-order chi connectivity index (χ1) is 8.16. The van der Waals surface area contributed by atoms with Crippen LogP contribution in [0.5, 0.6) is 0 Å². The van der Waals surface area contributed by atoms with Crippen molar-refractivity contribution in [1.29, 1.82) is 0 Å². The van der Waals surface area contributed by atoms with Crippen LogP contribution in [-0.2, 0) is 0 Å². The second kappa shape index (κ2) is 3.53. The molecule has 1 aromatic carbocycles. The summed E-state index contributed by atoms with van der Waals surface area (Å²) in [5.74, 6) is 0.134. The van der Waals surface area contributed by atoms with E-state index >= 15 is 0 Å². The molecule has 2 heterocycles. The highest BCUT2D eigenvalue weighted by atomic mass is 32.1. The van der Waals surface area contributed by atoms with E-state index in [9.17, 15) is 4.39 Å². The van der Waals surface area contributed by atoms with Gasteiger partial charge in [0.15, 0.2) is 0 Å². The molecule has 4 nitrogen and oxygen atoms in total. The van der Waals surface area contributed by atoms with Gasteiger partial charge in [-0.3, -0.25) is 4.40 Å². The quantitative estimate of drug-likeness (QED) is 0.719. The number of aryl methyl sites for hydroxylation is 1. The first-order valence-electron chi connectivity index (χ1n) is 5.01. The molecular formula is C11H9FN4S. The summed E-state index contributed by atoms with van der Waals surface area (Å²) in [7, 11) is 0. The molecule has 0 spiro atoms. The van der Waals surface area contributed by atoms with Crippen molar-refractivity contribution in [2.75, 3.05) is 5.73 Å². The highest BCUT2D eigenvalue weighted by Gasteiger charge is 2.11. The fourth-order valence-corrected chi connectivity index (χ4v) is 2.59. The van der Waals surface area contributed by atoms with Crippen molar-refractivity contribution in [3.05, 3.63) is 35.0 Å².